The topological polar surface area (TPSA) is 153 Å². The van der Waals surface area contributed by atoms with Gasteiger partial charge in [-0.2, -0.15) is 22.1 Å². The molecule has 8 nitrogen and oxygen atoms in total. The van der Waals surface area contributed by atoms with Crippen LogP contribution >= 0.6 is 0 Å². The minimum atomic E-state index is -4.70. The predicted molar refractivity (Wildman–Crippen MR) is 109 cm³/mol. The van der Waals surface area contributed by atoms with E-state index < -0.39 is 49.1 Å². The van der Waals surface area contributed by atoms with Crippen LogP contribution in [0.15, 0.2) is 48.5 Å². The molecule has 0 saturated carbocycles. The van der Waals surface area contributed by atoms with Crippen LogP contribution in [0.25, 0.3) is 0 Å². The highest BCUT2D eigenvalue weighted by molar-refractivity contribution is 7.99. The molecular formula is C19H22FN3O5S2. The van der Waals surface area contributed by atoms with Gasteiger partial charge >= 0.3 is 0 Å². The summed E-state index contributed by atoms with van der Waals surface area (Å²) in [5.74, 6) is -3.17. The third kappa shape index (κ3) is 6.07. The highest BCUT2D eigenvalue weighted by Gasteiger charge is 2.40. The number of rotatable bonds is 9. The zero-order valence-corrected chi connectivity index (χ0v) is 17.8. The number of benzene rings is 2. The zero-order chi connectivity index (χ0) is 22.6. The highest BCUT2D eigenvalue weighted by atomic mass is 32.3. The summed E-state index contributed by atoms with van der Waals surface area (Å²) in [6.45, 7) is 1.55. The van der Waals surface area contributed by atoms with Gasteiger partial charge in [-0.3, -0.25) is 0 Å². The van der Waals surface area contributed by atoms with E-state index in [0.29, 0.717) is 11.1 Å². The van der Waals surface area contributed by atoms with Crippen molar-refractivity contribution < 1.29 is 24.9 Å². The van der Waals surface area contributed by atoms with Gasteiger partial charge in [0, 0.05) is 5.92 Å². The molecule has 0 radical (unpaired) electrons. The second-order valence-electron chi connectivity index (χ2n) is 6.83. The van der Waals surface area contributed by atoms with Crippen molar-refractivity contribution in [2.24, 2.45) is 11.5 Å². The fourth-order valence-corrected chi connectivity index (χ4v) is 6.15. The van der Waals surface area contributed by atoms with Gasteiger partial charge in [0.15, 0.2) is 0 Å². The smallest absolute Gasteiger partial charge is 0.285 e. The van der Waals surface area contributed by atoms with E-state index in [4.69, 9.17) is 11.5 Å². The van der Waals surface area contributed by atoms with E-state index in [-0.39, 0.29) is 12.0 Å². The summed E-state index contributed by atoms with van der Waals surface area (Å²) in [6.07, 6.45) is 0.155. The lowest BCUT2D eigenvalue weighted by Crippen LogP contribution is -2.59. The summed E-state index contributed by atoms with van der Waals surface area (Å²) in [6, 6.07) is 13.3. The van der Waals surface area contributed by atoms with Crippen LogP contribution in [-0.4, -0.2) is 34.0 Å². The van der Waals surface area contributed by atoms with Crippen LogP contribution in [-0.2, 0) is 23.9 Å². The van der Waals surface area contributed by atoms with Crippen molar-refractivity contribution in [3.63, 3.8) is 0 Å². The van der Waals surface area contributed by atoms with Gasteiger partial charge in [-0.05, 0) is 35.7 Å². The van der Waals surface area contributed by atoms with E-state index in [1.807, 2.05) is 6.07 Å². The fourth-order valence-electron chi connectivity index (χ4n) is 3.14. The molecule has 2 rings (SSSR count). The molecule has 0 aliphatic carbocycles. The first-order valence-electron chi connectivity index (χ1n) is 8.89. The fraction of sp³-hybridized carbons (Fsp3) is 0.316. The summed E-state index contributed by atoms with van der Waals surface area (Å²) in [7, 11) is -9.04. The largest absolute Gasteiger partial charge is 0.312 e. The maximum absolute atomic E-state index is 13.4. The molecule has 2 aromatic carbocycles. The second kappa shape index (κ2) is 9.20. The molecule has 0 heterocycles. The Morgan fingerprint density at radius 3 is 2.23 bits per heavy atom. The Bertz CT molecular complexity index is 1140. The van der Waals surface area contributed by atoms with E-state index >= 15 is 0 Å². The molecule has 1 atom stereocenters. The van der Waals surface area contributed by atoms with Gasteiger partial charge in [-0.1, -0.05) is 37.3 Å². The Kier molecular flexibility index (Phi) is 7.33. The average molecular weight is 456 g/mol. The number of nitriles is 1. The molecule has 0 saturated heterocycles. The molecule has 0 unspecified atom stereocenters. The molecule has 2 aromatic rings. The molecule has 0 aliphatic rings. The Morgan fingerprint density at radius 2 is 1.67 bits per heavy atom. The SMILES string of the molecule is CCCS(=O)(=O)OS(=O)(=O)CC(N)(N)[C@@H](c1ccc(F)cc1)c1ccccc1C#N. The highest BCUT2D eigenvalue weighted by Crippen LogP contribution is 2.34. The summed E-state index contributed by atoms with van der Waals surface area (Å²) in [4.78, 5) is 0. The first-order valence-corrected chi connectivity index (χ1v) is 12.0. The standard InChI is InChI=1S/C19H22FN3O5S2/c1-2-11-29(24,25)28-30(26,27)13-19(22,23)18(14-7-9-16(20)10-8-14)17-6-4-3-5-15(17)12-21/h3-10,18H,2,11,13,22-23H2,1H3/t18-/m0/s1. The van der Waals surface area contributed by atoms with Crippen LogP contribution in [0.5, 0.6) is 0 Å². The monoisotopic (exact) mass is 455 g/mol. The number of nitrogens with two attached hydrogens (primary N) is 2. The minimum absolute atomic E-state index is 0.155. The van der Waals surface area contributed by atoms with Gasteiger partial charge in [0.25, 0.3) is 20.2 Å². The van der Waals surface area contributed by atoms with Crippen LogP contribution in [0.4, 0.5) is 4.39 Å². The predicted octanol–water partition coefficient (Wildman–Crippen LogP) is 1.53. The van der Waals surface area contributed by atoms with Gasteiger partial charge in [0.1, 0.15) is 11.6 Å². The molecule has 0 fully saturated rings. The van der Waals surface area contributed by atoms with Crippen molar-refractivity contribution in [2.75, 3.05) is 11.5 Å². The Balaban J connectivity index is 2.54. The number of hydrogen-bond donors (Lipinski definition) is 2. The third-order valence-corrected chi connectivity index (χ3v) is 7.64. The van der Waals surface area contributed by atoms with E-state index in [9.17, 15) is 26.5 Å². The number of hydrogen-bond acceptors (Lipinski definition) is 8. The first kappa shape index (κ1) is 23.9. The molecule has 162 valence electrons. The third-order valence-electron chi connectivity index (χ3n) is 4.22. The first-order chi connectivity index (χ1) is 13.9. The molecule has 0 aromatic heterocycles. The molecule has 0 bridgehead atoms. The van der Waals surface area contributed by atoms with Crippen LogP contribution in [0, 0.1) is 17.1 Å². The van der Waals surface area contributed by atoms with E-state index in [1.165, 1.54) is 18.2 Å². The molecule has 0 amide bonds. The van der Waals surface area contributed by atoms with Crippen molar-refractivity contribution in [3.05, 3.63) is 71.0 Å². The maximum atomic E-state index is 13.4. The van der Waals surface area contributed by atoms with Gasteiger partial charge in [0.05, 0.1) is 23.0 Å². The Morgan fingerprint density at radius 1 is 1.07 bits per heavy atom. The van der Waals surface area contributed by atoms with Crippen molar-refractivity contribution in [3.8, 4) is 6.07 Å². The minimum Gasteiger partial charge on any atom is -0.312 e. The van der Waals surface area contributed by atoms with Crippen molar-refractivity contribution in [1.82, 2.24) is 0 Å². The lowest BCUT2D eigenvalue weighted by molar-refractivity contribution is 0.404. The van der Waals surface area contributed by atoms with E-state index in [0.717, 1.165) is 12.1 Å². The molecule has 4 N–H and O–H groups in total. The van der Waals surface area contributed by atoms with Crippen molar-refractivity contribution in [2.45, 2.75) is 24.9 Å². The Hall–Kier alpha value is -2.36. The molecule has 0 spiro atoms. The quantitative estimate of drug-likeness (QED) is 0.540. The number of nitrogens with zero attached hydrogens (tertiary/aromatic N) is 1. The summed E-state index contributed by atoms with van der Waals surface area (Å²) in [5, 5.41) is 9.45. The van der Waals surface area contributed by atoms with Gasteiger partial charge in [-0.25, -0.2) is 4.39 Å². The summed E-state index contributed by atoms with van der Waals surface area (Å²) in [5.41, 5.74) is 11.1. The lowest BCUT2D eigenvalue weighted by Gasteiger charge is -2.34. The van der Waals surface area contributed by atoms with Gasteiger partial charge in [0.2, 0.25) is 0 Å². The van der Waals surface area contributed by atoms with Crippen LogP contribution < -0.4 is 11.5 Å². The van der Waals surface area contributed by atoms with Crippen LogP contribution in [0.2, 0.25) is 0 Å². The second-order valence-corrected chi connectivity index (χ2v) is 10.3. The van der Waals surface area contributed by atoms with Crippen molar-refractivity contribution >= 4 is 20.2 Å². The number of halogens is 1. The average Bonchev–Trinajstić information content (AvgIpc) is 2.61. The molecular weight excluding hydrogens is 433 g/mol. The Labute approximate surface area is 175 Å². The van der Waals surface area contributed by atoms with Crippen molar-refractivity contribution in [1.29, 1.82) is 5.26 Å². The van der Waals surface area contributed by atoms with Gasteiger partial charge in [-0.15, -0.1) is 3.63 Å². The van der Waals surface area contributed by atoms with E-state index in [2.05, 4.69) is 3.63 Å². The zero-order valence-electron chi connectivity index (χ0n) is 16.2. The molecule has 30 heavy (non-hydrogen) atoms. The maximum Gasteiger partial charge on any atom is 0.285 e. The van der Waals surface area contributed by atoms with E-state index in [1.54, 1.807) is 25.1 Å². The van der Waals surface area contributed by atoms with Gasteiger partial charge < -0.3 is 11.5 Å². The normalized spacial score (nSPS) is 13.6. The van der Waals surface area contributed by atoms with Crippen LogP contribution in [0.1, 0.15) is 36.0 Å². The molecule has 0 aliphatic heterocycles. The summed E-state index contributed by atoms with van der Waals surface area (Å²) < 4.78 is 66.3. The summed E-state index contributed by atoms with van der Waals surface area (Å²) >= 11 is 0. The van der Waals surface area contributed by atoms with Crippen LogP contribution in [0.3, 0.4) is 0 Å². The lowest BCUT2D eigenvalue weighted by atomic mass is 9.80. The molecule has 11 heteroatoms.